The number of nitrogens with zero attached hydrogens (tertiary/aromatic N) is 3. The minimum atomic E-state index is -0.646. The van der Waals surface area contributed by atoms with Crippen molar-refractivity contribution in [1.29, 1.82) is 0 Å². The van der Waals surface area contributed by atoms with Crippen molar-refractivity contribution in [2.45, 2.75) is 12.8 Å². The van der Waals surface area contributed by atoms with Crippen LogP contribution in [0, 0.1) is 5.82 Å². The van der Waals surface area contributed by atoms with Crippen molar-refractivity contribution in [1.82, 2.24) is 20.0 Å². The quantitative estimate of drug-likeness (QED) is 0.742. The van der Waals surface area contributed by atoms with Gasteiger partial charge in [-0.1, -0.05) is 0 Å². The number of carbonyl (C=O) groups excluding carboxylic acids is 1. The number of aromatic nitrogens is 2. The lowest BCUT2D eigenvalue weighted by Gasteiger charge is -2.15. The summed E-state index contributed by atoms with van der Waals surface area (Å²) < 4.78 is 19.7. The molecule has 1 aromatic carbocycles. The summed E-state index contributed by atoms with van der Waals surface area (Å²) in [5.74, 6) is -0.199. The van der Waals surface area contributed by atoms with Gasteiger partial charge in [-0.3, -0.25) is 4.79 Å². The monoisotopic (exact) mass is 336 g/mol. The molecule has 1 aromatic heterocycles. The Balaban J connectivity index is 1.81. The molecule has 0 aliphatic carbocycles. The average Bonchev–Trinajstić information content (AvgIpc) is 3.00. The van der Waals surface area contributed by atoms with E-state index in [4.69, 9.17) is 4.74 Å². The van der Waals surface area contributed by atoms with Gasteiger partial charge in [0.2, 0.25) is 0 Å². The summed E-state index contributed by atoms with van der Waals surface area (Å²) in [4.78, 5) is 13.8. The van der Waals surface area contributed by atoms with Crippen LogP contribution in [0.5, 0.6) is 5.75 Å². The molecule has 1 heterocycles. The molecule has 0 aliphatic rings. The number of aliphatic hydroxyl groups is 1. The lowest BCUT2D eigenvalue weighted by molar-refractivity contribution is 0.0885. The van der Waals surface area contributed by atoms with E-state index in [-0.39, 0.29) is 30.7 Å². The third-order valence-electron chi connectivity index (χ3n) is 3.12. The van der Waals surface area contributed by atoms with Gasteiger partial charge in [-0.25, -0.2) is 9.07 Å². The number of rotatable bonds is 8. The maximum atomic E-state index is 12.8. The third kappa shape index (κ3) is 5.64. The van der Waals surface area contributed by atoms with E-state index in [9.17, 15) is 14.3 Å². The Morgan fingerprint density at radius 3 is 2.75 bits per heavy atom. The Kier molecular flexibility index (Phi) is 6.28. The Labute approximate surface area is 139 Å². The number of aliphatic hydroxyl groups excluding tert-OH is 1. The van der Waals surface area contributed by atoms with Gasteiger partial charge in [0.1, 0.15) is 17.3 Å². The number of nitrogens with one attached hydrogen (secondary N) is 1. The van der Waals surface area contributed by atoms with Crippen molar-refractivity contribution in [3.05, 3.63) is 48.0 Å². The molecule has 0 radical (unpaired) electrons. The van der Waals surface area contributed by atoms with E-state index >= 15 is 0 Å². The molecule has 0 fully saturated rings. The molecule has 7 nitrogen and oxygen atoms in total. The molecule has 130 valence electrons. The number of amides is 1. The molecule has 2 N–H and O–H groups in total. The van der Waals surface area contributed by atoms with Crippen molar-refractivity contribution in [3.63, 3.8) is 0 Å². The lowest BCUT2D eigenvalue weighted by atomic mass is 10.3. The first-order chi connectivity index (χ1) is 11.4. The van der Waals surface area contributed by atoms with E-state index in [1.165, 1.54) is 28.9 Å². The van der Waals surface area contributed by atoms with Gasteiger partial charge in [-0.05, 0) is 44.4 Å². The molecule has 0 spiro atoms. The smallest absolute Gasteiger partial charge is 0.271 e. The highest BCUT2D eigenvalue weighted by molar-refractivity contribution is 5.92. The lowest BCUT2D eigenvalue weighted by Crippen LogP contribution is -2.37. The van der Waals surface area contributed by atoms with Gasteiger partial charge in [-0.2, -0.15) is 5.10 Å². The second kappa shape index (κ2) is 8.42. The van der Waals surface area contributed by atoms with Crippen LogP contribution in [0.4, 0.5) is 4.39 Å². The number of carbonyl (C=O) groups is 1. The molecule has 24 heavy (non-hydrogen) atoms. The third-order valence-corrected chi connectivity index (χ3v) is 3.12. The fraction of sp³-hybridized carbons (Fsp3) is 0.375. The highest BCUT2D eigenvalue weighted by atomic mass is 19.1. The average molecular weight is 336 g/mol. The van der Waals surface area contributed by atoms with E-state index in [2.05, 4.69) is 10.4 Å². The molecule has 1 atom stereocenters. The molecule has 2 rings (SSSR count). The number of likely N-dealkylation sites (N-methyl/N-ethyl adjacent to an activating group) is 1. The zero-order chi connectivity index (χ0) is 17.5. The van der Waals surface area contributed by atoms with Crippen LogP contribution >= 0.6 is 0 Å². The SMILES string of the molecule is CN(C)CC(O)CNC(=O)c1ccn(COc2ccc(F)cc2)n1. The van der Waals surface area contributed by atoms with Crippen LogP contribution in [-0.2, 0) is 6.73 Å². The molecule has 0 saturated carbocycles. The zero-order valence-corrected chi connectivity index (χ0v) is 13.6. The summed E-state index contributed by atoms with van der Waals surface area (Å²) in [5.41, 5.74) is 0.231. The predicted molar refractivity (Wildman–Crippen MR) is 86.1 cm³/mol. The Bertz CT molecular complexity index is 658. The fourth-order valence-electron chi connectivity index (χ4n) is 2.01. The number of hydrogen-bond donors (Lipinski definition) is 2. The van der Waals surface area contributed by atoms with Gasteiger partial charge in [0, 0.05) is 19.3 Å². The summed E-state index contributed by atoms with van der Waals surface area (Å²) in [6, 6.07) is 7.19. The summed E-state index contributed by atoms with van der Waals surface area (Å²) >= 11 is 0. The molecule has 1 unspecified atom stereocenters. The van der Waals surface area contributed by atoms with Gasteiger partial charge < -0.3 is 20.1 Å². The Morgan fingerprint density at radius 1 is 1.38 bits per heavy atom. The van der Waals surface area contributed by atoms with E-state index in [0.717, 1.165) is 0 Å². The first-order valence-electron chi connectivity index (χ1n) is 7.47. The zero-order valence-electron chi connectivity index (χ0n) is 13.6. The second-order valence-electron chi connectivity index (χ2n) is 5.59. The Hall–Kier alpha value is -2.45. The van der Waals surface area contributed by atoms with E-state index < -0.39 is 6.10 Å². The van der Waals surface area contributed by atoms with Gasteiger partial charge >= 0.3 is 0 Å². The van der Waals surface area contributed by atoms with Crippen LogP contribution in [-0.4, -0.2) is 59.0 Å². The standard InChI is InChI=1S/C16H21FN4O3/c1-20(2)10-13(22)9-18-16(23)15-7-8-21(19-15)11-24-14-5-3-12(17)4-6-14/h3-8,13,22H,9-11H2,1-2H3,(H,18,23). The second-order valence-corrected chi connectivity index (χ2v) is 5.59. The molecule has 0 saturated heterocycles. The normalized spacial score (nSPS) is 12.2. The molecule has 8 heteroatoms. The summed E-state index contributed by atoms with van der Waals surface area (Å²) in [6.45, 7) is 0.707. The molecule has 1 amide bonds. The summed E-state index contributed by atoms with van der Waals surface area (Å²) in [5, 5.41) is 16.4. The van der Waals surface area contributed by atoms with Crippen molar-refractivity contribution in [3.8, 4) is 5.75 Å². The van der Waals surface area contributed by atoms with Gasteiger partial charge in [0.15, 0.2) is 6.73 Å². The largest absolute Gasteiger partial charge is 0.471 e. The minimum Gasteiger partial charge on any atom is -0.471 e. The van der Waals surface area contributed by atoms with E-state index in [1.807, 2.05) is 19.0 Å². The summed E-state index contributed by atoms with van der Waals surface area (Å²) in [6.07, 6.45) is 0.960. The van der Waals surface area contributed by atoms with Crippen LogP contribution in [0.25, 0.3) is 0 Å². The number of ether oxygens (including phenoxy) is 1. The highest BCUT2D eigenvalue weighted by Crippen LogP contribution is 2.11. The van der Waals surface area contributed by atoms with E-state index in [1.54, 1.807) is 12.3 Å². The van der Waals surface area contributed by atoms with Gasteiger partial charge in [-0.15, -0.1) is 0 Å². The molecule has 2 aromatic rings. The molecular formula is C16H21FN4O3. The highest BCUT2D eigenvalue weighted by Gasteiger charge is 2.12. The first-order valence-corrected chi connectivity index (χ1v) is 7.47. The van der Waals surface area contributed by atoms with Gasteiger partial charge in [0.05, 0.1) is 6.10 Å². The van der Waals surface area contributed by atoms with E-state index in [0.29, 0.717) is 12.3 Å². The van der Waals surface area contributed by atoms with Crippen LogP contribution < -0.4 is 10.1 Å². The van der Waals surface area contributed by atoms with Crippen molar-refractivity contribution >= 4 is 5.91 Å². The minimum absolute atomic E-state index is 0.0994. The van der Waals surface area contributed by atoms with Crippen LogP contribution in [0.1, 0.15) is 10.5 Å². The van der Waals surface area contributed by atoms with Crippen molar-refractivity contribution in [2.24, 2.45) is 0 Å². The molecular weight excluding hydrogens is 315 g/mol. The van der Waals surface area contributed by atoms with Crippen LogP contribution in [0.15, 0.2) is 36.5 Å². The van der Waals surface area contributed by atoms with Crippen molar-refractivity contribution < 1.29 is 19.0 Å². The topological polar surface area (TPSA) is 79.6 Å². The van der Waals surface area contributed by atoms with Gasteiger partial charge in [0.25, 0.3) is 5.91 Å². The van der Waals surface area contributed by atoms with Crippen molar-refractivity contribution in [2.75, 3.05) is 27.2 Å². The van der Waals surface area contributed by atoms with Crippen LogP contribution in [0.2, 0.25) is 0 Å². The number of benzene rings is 1. The summed E-state index contributed by atoms with van der Waals surface area (Å²) in [7, 11) is 3.68. The predicted octanol–water partition coefficient (Wildman–Crippen LogP) is 0.711. The maximum Gasteiger partial charge on any atom is 0.271 e. The number of hydrogen-bond acceptors (Lipinski definition) is 5. The Morgan fingerprint density at radius 2 is 2.08 bits per heavy atom. The molecule has 0 bridgehead atoms. The fourth-order valence-corrected chi connectivity index (χ4v) is 2.01. The first kappa shape index (κ1) is 17.9. The maximum absolute atomic E-state index is 12.8. The van der Waals surface area contributed by atoms with Crippen LogP contribution in [0.3, 0.4) is 0 Å². The molecule has 0 aliphatic heterocycles. The number of halogens is 1.